The number of aryl methyl sites for hydroxylation is 1. The second-order valence-electron chi connectivity index (χ2n) is 10.3. The van der Waals surface area contributed by atoms with Crippen molar-refractivity contribution in [1.29, 1.82) is 10.8 Å². The van der Waals surface area contributed by atoms with Crippen molar-refractivity contribution in [2.75, 3.05) is 42.1 Å². The number of fused-ring (bicyclic) bond motifs is 1. The summed E-state index contributed by atoms with van der Waals surface area (Å²) >= 11 is 12.1. The molecule has 0 bridgehead atoms. The van der Waals surface area contributed by atoms with Crippen LogP contribution in [0.25, 0.3) is 17.0 Å². The van der Waals surface area contributed by atoms with E-state index >= 15 is 0 Å². The molecule has 2 unspecified atom stereocenters. The maximum Gasteiger partial charge on any atom is 0.231 e. The van der Waals surface area contributed by atoms with Crippen molar-refractivity contribution in [2.24, 2.45) is 17.6 Å². The number of furan rings is 1. The van der Waals surface area contributed by atoms with E-state index in [1.54, 1.807) is 24.3 Å². The van der Waals surface area contributed by atoms with E-state index in [0.29, 0.717) is 44.9 Å². The zero-order valence-electron chi connectivity index (χ0n) is 23.3. The Kier molecular flexibility index (Phi) is 8.96. The fourth-order valence-electron chi connectivity index (χ4n) is 5.02. The number of anilines is 3. The van der Waals surface area contributed by atoms with E-state index in [1.165, 1.54) is 0 Å². The topological polar surface area (TPSA) is 152 Å². The van der Waals surface area contributed by atoms with Crippen LogP contribution in [0.3, 0.4) is 0 Å². The van der Waals surface area contributed by atoms with E-state index in [0.717, 1.165) is 48.6 Å². The first-order valence-electron chi connectivity index (χ1n) is 13.6. The van der Waals surface area contributed by atoms with Gasteiger partial charge in [0.05, 0.1) is 10.0 Å². The van der Waals surface area contributed by atoms with E-state index in [2.05, 4.69) is 43.8 Å². The summed E-state index contributed by atoms with van der Waals surface area (Å²) in [6.07, 6.45) is 4.26. The van der Waals surface area contributed by atoms with Gasteiger partial charge in [-0.25, -0.2) is 4.98 Å². The molecule has 1 saturated heterocycles. The molecule has 12 heteroatoms. The molecule has 0 spiro atoms. The molecule has 0 aliphatic carbocycles. The van der Waals surface area contributed by atoms with Gasteiger partial charge in [0.25, 0.3) is 0 Å². The number of nitrogens with one attached hydrogen (secondary N) is 5. The van der Waals surface area contributed by atoms with E-state index in [4.69, 9.17) is 44.2 Å². The molecule has 2 atom stereocenters. The molecule has 1 aliphatic heterocycles. The SMILES string of the molecule is CCN1CC(/C=C/c2cc3cc(C(=N)N)ccc3o2)C(CNc2cc(C)nc(NC(=N)Nc3ccc(Cl)c(Cl)c3)n2)C1. The van der Waals surface area contributed by atoms with E-state index < -0.39 is 0 Å². The van der Waals surface area contributed by atoms with Gasteiger partial charge < -0.3 is 25.7 Å². The molecular weight excluding hydrogens is 573 g/mol. The molecule has 1 fully saturated rings. The third kappa shape index (κ3) is 7.20. The lowest BCUT2D eigenvalue weighted by Gasteiger charge is -2.17. The Balaban J connectivity index is 1.23. The van der Waals surface area contributed by atoms with Crippen LogP contribution < -0.4 is 21.7 Å². The number of rotatable bonds is 9. The number of benzene rings is 2. The Labute approximate surface area is 254 Å². The molecule has 7 N–H and O–H groups in total. The number of likely N-dealkylation sites (tertiary alicyclic amines) is 1. The number of nitrogens with two attached hydrogens (primary N) is 1. The summed E-state index contributed by atoms with van der Waals surface area (Å²) in [5.74, 6) is 2.49. The van der Waals surface area contributed by atoms with Gasteiger partial charge in [-0.15, -0.1) is 0 Å². The lowest BCUT2D eigenvalue weighted by atomic mass is 9.95. The van der Waals surface area contributed by atoms with Crippen molar-refractivity contribution in [1.82, 2.24) is 14.9 Å². The smallest absolute Gasteiger partial charge is 0.231 e. The molecule has 42 heavy (non-hydrogen) atoms. The average molecular weight is 607 g/mol. The summed E-state index contributed by atoms with van der Waals surface area (Å²) in [5.41, 5.74) is 8.48. The van der Waals surface area contributed by atoms with Crippen molar-refractivity contribution < 1.29 is 4.42 Å². The Morgan fingerprint density at radius 2 is 1.90 bits per heavy atom. The van der Waals surface area contributed by atoms with Gasteiger partial charge in [-0.2, -0.15) is 4.98 Å². The molecule has 0 saturated carbocycles. The quantitative estimate of drug-likeness (QED) is 0.0963. The van der Waals surface area contributed by atoms with Gasteiger partial charge in [0, 0.05) is 48.0 Å². The number of nitrogens with zero attached hydrogens (tertiary/aromatic N) is 3. The fraction of sp³-hybridized carbons (Fsp3) is 0.267. The van der Waals surface area contributed by atoms with Gasteiger partial charge >= 0.3 is 0 Å². The van der Waals surface area contributed by atoms with Gasteiger partial charge in [0.15, 0.2) is 5.96 Å². The molecule has 218 valence electrons. The van der Waals surface area contributed by atoms with Crippen LogP contribution in [-0.2, 0) is 0 Å². The predicted molar refractivity (Wildman–Crippen MR) is 172 cm³/mol. The van der Waals surface area contributed by atoms with Gasteiger partial charge in [-0.05, 0) is 73.8 Å². The Bertz CT molecular complexity index is 1650. The molecule has 1 aliphatic rings. The van der Waals surface area contributed by atoms with Crippen molar-refractivity contribution in [3.05, 3.63) is 81.7 Å². The molecule has 2 aromatic carbocycles. The van der Waals surface area contributed by atoms with Crippen LogP contribution in [0.2, 0.25) is 10.0 Å². The van der Waals surface area contributed by atoms with Gasteiger partial charge in [-0.1, -0.05) is 36.2 Å². The maximum atomic E-state index is 8.28. The monoisotopic (exact) mass is 605 g/mol. The van der Waals surface area contributed by atoms with Crippen molar-refractivity contribution in [3.63, 3.8) is 0 Å². The molecule has 3 heterocycles. The summed E-state index contributed by atoms with van der Waals surface area (Å²) in [7, 11) is 0. The van der Waals surface area contributed by atoms with Crippen LogP contribution in [0.5, 0.6) is 0 Å². The minimum atomic E-state index is 0.00706. The minimum Gasteiger partial charge on any atom is -0.457 e. The van der Waals surface area contributed by atoms with Gasteiger partial charge in [0.2, 0.25) is 5.95 Å². The number of aromatic nitrogens is 2. The Morgan fingerprint density at radius 3 is 2.67 bits per heavy atom. The first-order chi connectivity index (χ1) is 20.2. The van der Waals surface area contributed by atoms with Crippen molar-refractivity contribution >= 4 is 69.5 Å². The minimum absolute atomic E-state index is 0.00706. The lowest BCUT2D eigenvalue weighted by molar-refractivity contribution is 0.343. The molecule has 5 rings (SSSR count). The number of halogens is 2. The molecule has 10 nitrogen and oxygen atoms in total. The fourth-order valence-corrected chi connectivity index (χ4v) is 5.32. The largest absolute Gasteiger partial charge is 0.457 e. The van der Waals surface area contributed by atoms with E-state index in [1.807, 2.05) is 37.3 Å². The van der Waals surface area contributed by atoms with Crippen molar-refractivity contribution in [3.8, 4) is 0 Å². The number of hydrogen-bond acceptors (Lipinski definition) is 7. The third-order valence-corrected chi connectivity index (χ3v) is 7.93. The Hall–Kier alpha value is -4.12. The molecule has 2 aromatic heterocycles. The van der Waals surface area contributed by atoms with Gasteiger partial charge in [-0.3, -0.25) is 16.1 Å². The highest BCUT2D eigenvalue weighted by molar-refractivity contribution is 6.42. The van der Waals surface area contributed by atoms with Crippen LogP contribution in [0.15, 0.2) is 59.0 Å². The highest BCUT2D eigenvalue weighted by atomic mass is 35.5. The number of amidine groups is 1. The zero-order chi connectivity index (χ0) is 29.8. The summed E-state index contributed by atoms with van der Waals surface area (Å²) in [4.78, 5) is 11.4. The average Bonchev–Trinajstić information content (AvgIpc) is 3.55. The maximum absolute atomic E-state index is 8.28. The summed E-state index contributed by atoms with van der Waals surface area (Å²) in [6.45, 7) is 7.70. The number of hydrogen-bond donors (Lipinski definition) is 6. The van der Waals surface area contributed by atoms with Crippen LogP contribution >= 0.6 is 23.2 Å². The molecule has 0 amide bonds. The first kappa shape index (κ1) is 29.4. The summed E-state index contributed by atoms with van der Waals surface area (Å²) < 4.78 is 6.00. The van der Waals surface area contributed by atoms with E-state index in [-0.39, 0.29) is 11.8 Å². The van der Waals surface area contributed by atoms with Crippen LogP contribution in [0.4, 0.5) is 17.5 Å². The second kappa shape index (κ2) is 12.8. The molecule has 4 aromatic rings. The number of nitrogen functional groups attached to an aromatic ring is 1. The van der Waals surface area contributed by atoms with Crippen LogP contribution in [-0.4, -0.2) is 52.8 Å². The van der Waals surface area contributed by atoms with E-state index in [9.17, 15) is 0 Å². The highest BCUT2D eigenvalue weighted by Gasteiger charge is 2.30. The normalized spacial score (nSPS) is 17.1. The second-order valence-corrected chi connectivity index (χ2v) is 11.1. The zero-order valence-corrected chi connectivity index (χ0v) is 24.9. The predicted octanol–water partition coefficient (Wildman–Crippen LogP) is 6.27. The molecule has 0 radical (unpaired) electrons. The Morgan fingerprint density at radius 1 is 1.07 bits per heavy atom. The standard InChI is InChI=1S/C30H33Cl2N9O/c1-3-41-15-19(4-7-23-12-20-11-18(28(33)34)5-9-26(20)42-23)21(16-41)14-36-27-10-17(2)37-30(39-27)40-29(35)38-22-6-8-24(31)25(32)13-22/h4-13,19,21H,3,14-16H2,1-2H3,(H3,33,34)(H4,35,36,37,38,39,40)/b7-4+. The van der Waals surface area contributed by atoms with Crippen LogP contribution in [0.1, 0.15) is 23.9 Å². The number of guanidine groups is 1. The summed E-state index contributed by atoms with van der Waals surface area (Å²) in [6, 6.07) is 14.4. The third-order valence-electron chi connectivity index (χ3n) is 7.19. The highest BCUT2D eigenvalue weighted by Crippen LogP contribution is 2.28. The lowest BCUT2D eigenvalue weighted by Crippen LogP contribution is -2.24. The van der Waals surface area contributed by atoms with Gasteiger partial charge in [0.1, 0.15) is 23.0 Å². The first-order valence-corrected chi connectivity index (χ1v) is 14.4. The van der Waals surface area contributed by atoms with Crippen LogP contribution in [0, 0.1) is 29.6 Å². The van der Waals surface area contributed by atoms with Crippen molar-refractivity contribution in [2.45, 2.75) is 13.8 Å². The molecular formula is C30H33Cl2N9O. The summed E-state index contributed by atoms with van der Waals surface area (Å²) in [5, 5.41) is 27.0.